The van der Waals surface area contributed by atoms with Crippen molar-refractivity contribution in [1.29, 1.82) is 0 Å². The fraction of sp³-hybridized carbons (Fsp3) is 0.875. The van der Waals surface area contributed by atoms with Crippen molar-refractivity contribution < 1.29 is 9.59 Å². The molecular formula is C16H29N3O2. The molecule has 0 aromatic rings. The summed E-state index contributed by atoms with van der Waals surface area (Å²) in [5.41, 5.74) is 5.74. The van der Waals surface area contributed by atoms with Gasteiger partial charge in [-0.25, -0.2) is 0 Å². The van der Waals surface area contributed by atoms with E-state index in [4.69, 9.17) is 5.73 Å². The zero-order valence-electron chi connectivity index (χ0n) is 13.6. The monoisotopic (exact) mass is 295 g/mol. The Hall–Kier alpha value is -1.10. The van der Waals surface area contributed by atoms with Crippen molar-refractivity contribution in [2.75, 3.05) is 26.2 Å². The first-order chi connectivity index (χ1) is 9.84. The van der Waals surface area contributed by atoms with Crippen LogP contribution < -0.4 is 5.73 Å². The Kier molecular flexibility index (Phi) is 4.91. The number of hydrogen-bond donors (Lipinski definition) is 1. The van der Waals surface area contributed by atoms with Crippen LogP contribution in [0.2, 0.25) is 0 Å². The van der Waals surface area contributed by atoms with Gasteiger partial charge in [0.1, 0.15) is 0 Å². The van der Waals surface area contributed by atoms with Crippen LogP contribution in [0.5, 0.6) is 0 Å². The molecule has 1 aliphatic heterocycles. The molecule has 1 saturated heterocycles. The molecule has 2 rings (SSSR count). The predicted octanol–water partition coefficient (Wildman–Crippen LogP) is 1.22. The van der Waals surface area contributed by atoms with Gasteiger partial charge in [0.25, 0.3) is 0 Å². The summed E-state index contributed by atoms with van der Waals surface area (Å²) in [5, 5.41) is 0. The van der Waals surface area contributed by atoms with Crippen molar-refractivity contribution in [3.05, 3.63) is 0 Å². The second kappa shape index (κ2) is 6.34. The number of carbonyl (C=O) groups is 2. The molecule has 0 spiro atoms. The van der Waals surface area contributed by atoms with E-state index in [0.717, 1.165) is 19.3 Å². The maximum absolute atomic E-state index is 12.7. The molecule has 2 atom stereocenters. The Balaban J connectivity index is 1.89. The first-order valence-corrected chi connectivity index (χ1v) is 8.17. The molecule has 21 heavy (non-hydrogen) atoms. The minimum Gasteiger partial charge on any atom is -0.339 e. The molecule has 2 N–H and O–H groups in total. The molecule has 2 amide bonds. The lowest BCUT2D eigenvalue weighted by Gasteiger charge is -2.40. The van der Waals surface area contributed by atoms with Crippen LogP contribution in [0.15, 0.2) is 0 Å². The second-order valence-electron chi connectivity index (χ2n) is 7.19. The second-order valence-corrected chi connectivity index (χ2v) is 7.19. The summed E-state index contributed by atoms with van der Waals surface area (Å²) < 4.78 is 0. The molecule has 1 aliphatic carbocycles. The first-order valence-electron chi connectivity index (χ1n) is 8.17. The van der Waals surface area contributed by atoms with E-state index in [2.05, 4.69) is 13.8 Å². The van der Waals surface area contributed by atoms with Crippen LogP contribution in [0, 0.1) is 11.3 Å². The van der Waals surface area contributed by atoms with Gasteiger partial charge >= 0.3 is 0 Å². The largest absolute Gasteiger partial charge is 0.339 e. The summed E-state index contributed by atoms with van der Waals surface area (Å²) in [5.74, 6) is 0.775. The van der Waals surface area contributed by atoms with E-state index >= 15 is 0 Å². The summed E-state index contributed by atoms with van der Waals surface area (Å²) >= 11 is 0. The Morgan fingerprint density at radius 3 is 2.24 bits per heavy atom. The highest BCUT2D eigenvalue weighted by Crippen LogP contribution is 2.38. The SMILES string of the molecule is CC(C)CC(=O)N1CCN(C(=O)C2(C)CCCC2N)CC1. The molecule has 2 unspecified atom stereocenters. The smallest absolute Gasteiger partial charge is 0.230 e. The van der Waals surface area contributed by atoms with Crippen molar-refractivity contribution in [3.63, 3.8) is 0 Å². The van der Waals surface area contributed by atoms with Crippen molar-refractivity contribution in [2.45, 2.75) is 52.5 Å². The zero-order valence-corrected chi connectivity index (χ0v) is 13.6. The molecule has 5 heteroatoms. The molecular weight excluding hydrogens is 266 g/mol. The van der Waals surface area contributed by atoms with Crippen LogP contribution in [0.25, 0.3) is 0 Å². The van der Waals surface area contributed by atoms with Crippen LogP contribution in [0.1, 0.15) is 46.5 Å². The number of nitrogens with two attached hydrogens (primary N) is 1. The maximum atomic E-state index is 12.7. The quantitative estimate of drug-likeness (QED) is 0.851. The van der Waals surface area contributed by atoms with Crippen LogP contribution in [-0.2, 0) is 9.59 Å². The number of hydrogen-bond acceptors (Lipinski definition) is 3. The van der Waals surface area contributed by atoms with E-state index in [0.29, 0.717) is 38.5 Å². The van der Waals surface area contributed by atoms with Gasteiger partial charge in [-0.1, -0.05) is 20.3 Å². The van der Waals surface area contributed by atoms with Gasteiger partial charge in [-0.2, -0.15) is 0 Å². The summed E-state index contributed by atoms with van der Waals surface area (Å²) in [4.78, 5) is 28.6. The molecule has 0 aromatic heterocycles. The van der Waals surface area contributed by atoms with Crippen molar-refractivity contribution in [3.8, 4) is 0 Å². The van der Waals surface area contributed by atoms with Crippen molar-refractivity contribution >= 4 is 11.8 Å². The average molecular weight is 295 g/mol. The standard InChI is InChI=1S/C16H29N3O2/c1-12(2)11-14(20)18-7-9-19(10-8-18)15(21)16(3)6-4-5-13(16)17/h12-13H,4-11,17H2,1-3H3. The first kappa shape index (κ1) is 16.3. The van der Waals surface area contributed by atoms with Gasteiger partial charge in [-0.05, 0) is 25.7 Å². The molecule has 2 fully saturated rings. The third-order valence-corrected chi connectivity index (χ3v) is 5.02. The van der Waals surface area contributed by atoms with Crippen LogP contribution >= 0.6 is 0 Å². The average Bonchev–Trinajstić information content (AvgIpc) is 2.78. The van der Waals surface area contributed by atoms with Gasteiger partial charge in [0, 0.05) is 38.6 Å². The number of rotatable bonds is 3. The number of piperazine rings is 1. The third-order valence-electron chi connectivity index (χ3n) is 5.02. The molecule has 1 saturated carbocycles. The van der Waals surface area contributed by atoms with Gasteiger partial charge in [-0.15, -0.1) is 0 Å². The van der Waals surface area contributed by atoms with Crippen LogP contribution in [0.3, 0.4) is 0 Å². The van der Waals surface area contributed by atoms with E-state index in [1.807, 2.05) is 16.7 Å². The van der Waals surface area contributed by atoms with E-state index in [1.54, 1.807) is 0 Å². The fourth-order valence-corrected chi connectivity index (χ4v) is 3.46. The van der Waals surface area contributed by atoms with Gasteiger partial charge in [0.15, 0.2) is 0 Å². The van der Waals surface area contributed by atoms with Crippen molar-refractivity contribution in [2.24, 2.45) is 17.1 Å². The molecule has 1 heterocycles. The van der Waals surface area contributed by atoms with E-state index in [9.17, 15) is 9.59 Å². The third kappa shape index (κ3) is 3.39. The number of amides is 2. The summed E-state index contributed by atoms with van der Waals surface area (Å²) in [7, 11) is 0. The van der Waals surface area contributed by atoms with Crippen molar-refractivity contribution in [1.82, 2.24) is 9.80 Å². The Labute approximate surface area is 127 Å². The Bertz CT molecular complexity index is 402. The highest BCUT2D eigenvalue weighted by Gasteiger charge is 2.45. The minimum absolute atomic E-state index is 0.0226. The minimum atomic E-state index is -0.399. The lowest BCUT2D eigenvalue weighted by Crippen LogP contribution is -2.56. The van der Waals surface area contributed by atoms with Crippen LogP contribution in [-0.4, -0.2) is 53.8 Å². The summed E-state index contributed by atoms with van der Waals surface area (Å²) in [6.07, 6.45) is 3.46. The Morgan fingerprint density at radius 2 is 1.76 bits per heavy atom. The molecule has 120 valence electrons. The highest BCUT2D eigenvalue weighted by atomic mass is 16.2. The molecule has 0 radical (unpaired) electrons. The lowest BCUT2D eigenvalue weighted by molar-refractivity contribution is -0.146. The molecule has 5 nitrogen and oxygen atoms in total. The van der Waals surface area contributed by atoms with Gasteiger partial charge in [0.2, 0.25) is 11.8 Å². The predicted molar refractivity (Wildman–Crippen MR) is 82.5 cm³/mol. The van der Waals surface area contributed by atoms with E-state index in [-0.39, 0.29) is 17.9 Å². The van der Waals surface area contributed by atoms with E-state index < -0.39 is 5.41 Å². The number of nitrogens with zero attached hydrogens (tertiary/aromatic N) is 2. The molecule has 2 aliphatic rings. The van der Waals surface area contributed by atoms with E-state index in [1.165, 1.54) is 0 Å². The zero-order chi connectivity index (χ0) is 15.6. The Morgan fingerprint density at radius 1 is 1.19 bits per heavy atom. The molecule has 0 bridgehead atoms. The topological polar surface area (TPSA) is 66.6 Å². The fourth-order valence-electron chi connectivity index (χ4n) is 3.46. The number of carbonyl (C=O) groups excluding carboxylic acids is 2. The van der Waals surface area contributed by atoms with Crippen LogP contribution in [0.4, 0.5) is 0 Å². The summed E-state index contributed by atoms with van der Waals surface area (Å²) in [6, 6.07) is -0.0226. The maximum Gasteiger partial charge on any atom is 0.230 e. The van der Waals surface area contributed by atoms with Gasteiger partial charge in [0.05, 0.1) is 5.41 Å². The normalized spacial score (nSPS) is 30.0. The van der Waals surface area contributed by atoms with Gasteiger partial charge < -0.3 is 15.5 Å². The molecule has 0 aromatic carbocycles. The summed E-state index contributed by atoms with van der Waals surface area (Å²) in [6.45, 7) is 8.71. The lowest BCUT2D eigenvalue weighted by atomic mass is 9.83. The highest BCUT2D eigenvalue weighted by molar-refractivity contribution is 5.84. The van der Waals surface area contributed by atoms with Gasteiger partial charge in [-0.3, -0.25) is 9.59 Å².